The smallest absolute Gasteiger partial charge is 0.0859 e. The minimum atomic E-state index is 0.596. The van der Waals surface area contributed by atoms with Crippen molar-refractivity contribution in [3.05, 3.63) is 46.8 Å². The van der Waals surface area contributed by atoms with E-state index in [1.54, 1.807) is 0 Å². The number of rotatable bonds is 3. The van der Waals surface area contributed by atoms with E-state index in [4.69, 9.17) is 5.73 Å². The number of fused-ring (bicyclic) bond motifs is 1. The number of aryl methyl sites for hydroxylation is 1. The van der Waals surface area contributed by atoms with Crippen molar-refractivity contribution in [3.8, 4) is 0 Å². The van der Waals surface area contributed by atoms with Crippen LogP contribution in [0.5, 0.6) is 0 Å². The molecule has 2 N–H and O–H groups in total. The molecule has 0 unspecified atom stereocenters. The molecule has 0 aliphatic heterocycles. The standard InChI is InChI=1S/C14H18N4/c15-9-11-5-7-12(8-6-11)10-18-14-4-2-1-3-13(14)16-17-18/h5-8H,1-4,9-10,15H2. The summed E-state index contributed by atoms with van der Waals surface area (Å²) in [6, 6.07) is 8.41. The van der Waals surface area contributed by atoms with Gasteiger partial charge in [0, 0.05) is 6.54 Å². The summed E-state index contributed by atoms with van der Waals surface area (Å²) >= 11 is 0. The molecule has 1 aliphatic rings. The molecule has 2 aromatic rings. The van der Waals surface area contributed by atoms with E-state index in [9.17, 15) is 0 Å². The van der Waals surface area contributed by atoms with Gasteiger partial charge in [-0.2, -0.15) is 0 Å². The molecule has 1 aromatic heterocycles. The molecule has 4 nitrogen and oxygen atoms in total. The molecule has 0 spiro atoms. The van der Waals surface area contributed by atoms with Crippen LogP contribution in [-0.4, -0.2) is 15.0 Å². The Labute approximate surface area is 107 Å². The SMILES string of the molecule is NCc1ccc(Cn2nnc3c2CCCC3)cc1. The monoisotopic (exact) mass is 242 g/mol. The molecular weight excluding hydrogens is 224 g/mol. The van der Waals surface area contributed by atoms with Gasteiger partial charge < -0.3 is 5.73 Å². The quantitative estimate of drug-likeness (QED) is 0.890. The topological polar surface area (TPSA) is 56.7 Å². The molecule has 0 bridgehead atoms. The summed E-state index contributed by atoms with van der Waals surface area (Å²) in [7, 11) is 0. The van der Waals surface area contributed by atoms with Gasteiger partial charge in [0.2, 0.25) is 0 Å². The normalized spacial score (nSPS) is 14.5. The first-order valence-electron chi connectivity index (χ1n) is 6.56. The number of aromatic nitrogens is 3. The Morgan fingerprint density at radius 1 is 1.06 bits per heavy atom. The van der Waals surface area contributed by atoms with Gasteiger partial charge in [0.25, 0.3) is 0 Å². The van der Waals surface area contributed by atoms with Gasteiger partial charge in [-0.25, -0.2) is 4.68 Å². The maximum atomic E-state index is 5.60. The van der Waals surface area contributed by atoms with Gasteiger partial charge in [0.1, 0.15) is 0 Å². The first-order chi connectivity index (χ1) is 8.86. The molecule has 4 heteroatoms. The summed E-state index contributed by atoms with van der Waals surface area (Å²) < 4.78 is 2.05. The molecule has 1 aromatic carbocycles. The lowest BCUT2D eigenvalue weighted by Gasteiger charge is -2.12. The first-order valence-corrected chi connectivity index (χ1v) is 6.56. The lowest BCUT2D eigenvalue weighted by molar-refractivity contribution is 0.591. The highest BCUT2D eigenvalue weighted by Gasteiger charge is 2.16. The Balaban J connectivity index is 1.81. The third-order valence-corrected chi connectivity index (χ3v) is 3.59. The highest BCUT2D eigenvalue weighted by Crippen LogP contribution is 2.19. The number of benzene rings is 1. The molecule has 3 rings (SSSR count). The Hall–Kier alpha value is -1.68. The van der Waals surface area contributed by atoms with E-state index in [2.05, 4.69) is 34.6 Å². The summed E-state index contributed by atoms with van der Waals surface area (Å²) in [6.07, 6.45) is 4.70. The lowest BCUT2D eigenvalue weighted by atomic mass is 10.0. The molecule has 0 radical (unpaired) electrons. The van der Waals surface area contributed by atoms with Gasteiger partial charge >= 0.3 is 0 Å². The van der Waals surface area contributed by atoms with Gasteiger partial charge in [-0.1, -0.05) is 29.5 Å². The molecule has 1 heterocycles. The van der Waals surface area contributed by atoms with Crippen molar-refractivity contribution < 1.29 is 0 Å². The van der Waals surface area contributed by atoms with E-state index in [-0.39, 0.29) is 0 Å². The molecule has 0 saturated carbocycles. The van der Waals surface area contributed by atoms with Crippen LogP contribution in [0.25, 0.3) is 0 Å². The van der Waals surface area contributed by atoms with Crippen LogP contribution in [0, 0.1) is 0 Å². The third kappa shape index (κ3) is 2.16. The summed E-state index contributed by atoms with van der Waals surface area (Å²) in [4.78, 5) is 0. The highest BCUT2D eigenvalue weighted by atomic mass is 15.4. The Bertz CT molecular complexity index is 527. The molecule has 0 saturated heterocycles. The lowest BCUT2D eigenvalue weighted by Crippen LogP contribution is -2.10. The molecule has 0 atom stereocenters. The number of hydrogen-bond acceptors (Lipinski definition) is 3. The number of nitrogens with two attached hydrogens (primary N) is 1. The predicted molar refractivity (Wildman–Crippen MR) is 70.1 cm³/mol. The summed E-state index contributed by atoms with van der Waals surface area (Å²) in [5, 5.41) is 8.56. The predicted octanol–water partition coefficient (Wildman–Crippen LogP) is 1.66. The Morgan fingerprint density at radius 2 is 1.78 bits per heavy atom. The zero-order chi connectivity index (χ0) is 12.4. The fraction of sp³-hybridized carbons (Fsp3) is 0.429. The molecule has 18 heavy (non-hydrogen) atoms. The van der Waals surface area contributed by atoms with Crippen LogP contribution in [0.3, 0.4) is 0 Å². The first kappa shape index (κ1) is 11.4. The maximum Gasteiger partial charge on any atom is 0.0859 e. The second-order valence-corrected chi connectivity index (χ2v) is 4.87. The molecular formula is C14H18N4. The number of nitrogens with zero attached hydrogens (tertiary/aromatic N) is 3. The zero-order valence-corrected chi connectivity index (χ0v) is 10.5. The average molecular weight is 242 g/mol. The van der Waals surface area contributed by atoms with E-state index in [1.165, 1.54) is 35.4 Å². The van der Waals surface area contributed by atoms with Gasteiger partial charge in [0.05, 0.1) is 17.9 Å². The van der Waals surface area contributed by atoms with E-state index in [0.717, 1.165) is 19.4 Å². The van der Waals surface area contributed by atoms with Crippen molar-refractivity contribution in [2.45, 2.75) is 38.8 Å². The van der Waals surface area contributed by atoms with Crippen molar-refractivity contribution in [1.82, 2.24) is 15.0 Å². The van der Waals surface area contributed by atoms with Crippen LogP contribution in [0.15, 0.2) is 24.3 Å². The molecule has 0 amide bonds. The Kier molecular flexibility index (Phi) is 3.11. The van der Waals surface area contributed by atoms with Gasteiger partial charge in [-0.15, -0.1) is 5.10 Å². The van der Waals surface area contributed by atoms with Crippen LogP contribution < -0.4 is 5.73 Å². The van der Waals surface area contributed by atoms with Crippen molar-refractivity contribution in [1.29, 1.82) is 0 Å². The second-order valence-electron chi connectivity index (χ2n) is 4.87. The summed E-state index contributed by atoms with van der Waals surface area (Å²) in [5.74, 6) is 0. The summed E-state index contributed by atoms with van der Waals surface area (Å²) in [5.41, 5.74) is 10.5. The Morgan fingerprint density at radius 3 is 2.56 bits per heavy atom. The van der Waals surface area contributed by atoms with Gasteiger partial charge in [-0.3, -0.25) is 0 Å². The van der Waals surface area contributed by atoms with Crippen molar-refractivity contribution in [3.63, 3.8) is 0 Å². The van der Waals surface area contributed by atoms with E-state index in [0.29, 0.717) is 6.54 Å². The van der Waals surface area contributed by atoms with Crippen molar-refractivity contribution in [2.24, 2.45) is 5.73 Å². The largest absolute Gasteiger partial charge is 0.326 e. The van der Waals surface area contributed by atoms with E-state index < -0.39 is 0 Å². The van der Waals surface area contributed by atoms with Crippen LogP contribution in [-0.2, 0) is 25.9 Å². The van der Waals surface area contributed by atoms with Crippen molar-refractivity contribution in [2.75, 3.05) is 0 Å². The second kappa shape index (κ2) is 4.90. The fourth-order valence-corrected chi connectivity index (χ4v) is 2.50. The van der Waals surface area contributed by atoms with Crippen LogP contribution >= 0.6 is 0 Å². The minimum absolute atomic E-state index is 0.596. The van der Waals surface area contributed by atoms with Crippen LogP contribution in [0.1, 0.15) is 35.4 Å². The van der Waals surface area contributed by atoms with E-state index >= 15 is 0 Å². The van der Waals surface area contributed by atoms with Crippen molar-refractivity contribution >= 4 is 0 Å². The zero-order valence-electron chi connectivity index (χ0n) is 10.5. The van der Waals surface area contributed by atoms with E-state index in [1.807, 2.05) is 4.68 Å². The average Bonchev–Trinajstić information content (AvgIpc) is 2.83. The third-order valence-electron chi connectivity index (χ3n) is 3.59. The maximum absolute atomic E-state index is 5.60. The molecule has 1 aliphatic carbocycles. The highest BCUT2D eigenvalue weighted by molar-refractivity contribution is 5.23. The van der Waals surface area contributed by atoms with Crippen LogP contribution in [0.4, 0.5) is 0 Å². The molecule has 0 fully saturated rings. The molecule has 94 valence electrons. The number of hydrogen-bond donors (Lipinski definition) is 1. The fourth-order valence-electron chi connectivity index (χ4n) is 2.50. The van der Waals surface area contributed by atoms with Gasteiger partial charge in [-0.05, 0) is 36.8 Å². The van der Waals surface area contributed by atoms with Crippen LogP contribution in [0.2, 0.25) is 0 Å². The minimum Gasteiger partial charge on any atom is -0.326 e. The van der Waals surface area contributed by atoms with Gasteiger partial charge in [0.15, 0.2) is 0 Å². The summed E-state index contributed by atoms with van der Waals surface area (Å²) in [6.45, 7) is 1.41.